The Bertz CT molecular complexity index is 830. The predicted molar refractivity (Wildman–Crippen MR) is 98.6 cm³/mol. The third-order valence-corrected chi connectivity index (χ3v) is 4.94. The van der Waals surface area contributed by atoms with Gasteiger partial charge in [0.15, 0.2) is 0 Å². The monoisotopic (exact) mass is 353 g/mol. The van der Waals surface area contributed by atoms with Crippen molar-refractivity contribution < 1.29 is 19.1 Å². The van der Waals surface area contributed by atoms with E-state index in [1.807, 2.05) is 42.5 Å². The second kappa shape index (κ2) is 8.13. The molecule has 136 valence electrons. The van der Waals surface area contributed by atoms with Gasteiger partial charge in [-0.1, -0.05) is 42.5 Å². The normalized spacial score (nSPS) is 18.3. The van der Waals surface area contributed by atoms with Crippen molar-refractivity contribution in [2.24, 2.45) is 5.92 Å². The standard InChI is InChI=1S/C21H23NO4/c1-26-21(25)20(17-7-4-8-18(23)13-17)22-19(24)12-14-9-10-15-5-2-3-6-16(15)11-14/h2-3,5-6,9-11,17,20H,4,7-8,12-13H2,1H3,(H,22,24)/t17-,20+/m0/s1. The van der Waals surface area contributed by atoms with Gasteiger partial charge in [0, 0.05) is 12.8 Å². The quantitative estimate of drug-likeness (QED) is 0.839. The maximum Gasteiger partial charge on any atom is 0.328 e. The zero-order valence-electron chi connectivity index (χ0n) is 14.9. The highest BCUT2D eigenvalue weighted by Gasteiger charge is 2.34. The van der Waals surface area contributed by atoms with Gasteiger partial charge in [0.25, 0.3) is 0 Å². The van der Waals surface area contributed by atoms with Gasteiger partial charge in [0.2, 0.25) is 5.91 Å². The lowest BCUT2D eigenvalue weighted by atomic mass is 9.83. The van der Waals surface area contributed by atoms with Gasteiger partial charge in [0.05, 0.1) is 13.5 Å². The molecule has 0 aliphatic heterocycles. The van der Waals surface area contributed by atoms with Crippen LogP contribution in [0.25, 0.3) is 10.8 Å². The molecule has 0 radical (unpaired) electrons. The van der Waals surface area contributed by atoms with E-state index in [9.17, 15) is 14.4 Å². The van der Waals surface area contributed by atoms with E-state index in [2.05, 4.69) is 5.32 Å². The van der Waals surface area contributed by atoms with Crippen LogP contribution in [0.5, 0.6) is 0 Å². The van der Waals surface area contributed by atoms with Crippen LogP contribution in [0.2, 0.25) is 0 Å². The van der Waals surface area contributed by atoms with Gasteiger partial charge in [-0.3, -0.25) is 9.59 Å². The summed E-state index contributed by atoms with van der Waals surface area (Å²) < 4.78 is 4.84. The molecule has 1 saturated carbocycles. The molecule has 5 nitrogen and oxygen atoms in total. The third kappa shape index (κ3) is 4.28. The van der Waals surface area contributed by atoms with Crippen LogP contribution < -0.4 is 5.32 Å². The molecule has 2 aromatic rings. The summed E-state index contributed by atoms with van der Waals surface area (Å²) in [5.74, 6) is -0.784. The van der Waals surface area contributed by atoms with Crippen LogP contribution in [-0.2, 0) is 25.5 Å². The summed E-state index contributed by atoms with van der Waals surface area (Å²) in [6.07, 6.45) is 2.53. The molecule has 0 saturated heterocycles. The molecular formula is C21H23NO4. The first-order valence-corrected chi connectivity index (χ1v) is 8.93. The second-order valence-electron chi connectivity index (χ2n) is 6.82. The Labute approximate surface area is 152 Å². The molecule has 0 heterocycles. The molecular weight excluding hydrogens is 330 g/mol. The molecule has 2 aromatic carbocycles. The minimum absolute atomic E-state index is 0.138. The van der Waals surface area contributed by atoms with Crippen LogP contribution in [0.4, 0.5) is 0 Å². The molecule has 5 heteroatoms. The largest absolute Gasteiger partial charge is 0.467 e. The Morgan fingerprint density at radius 3 is 2.69 bits per heavy atom. The van der Waals surface area contributed by atoms with E-state index >= 15 is 0 Å². The van der Waals surface area contributed by atoms with Gasteiger partial charge in [0.1, 0.15) is 11.8 Å². The molecule has 0 aromatic heterocycles. The van der Waals surface area contributed by atoms with Crippen molar-refractivity contribution in [3.63, 3.8) is 0 Å². The molecule has 0 unspecified atom stereocenters. The SMILES string of the molecule is COC(=O)[C@H](NC(=O)Cc1ccc2ccccc2c1)[C@H]1CCCC(=O)C1. The summed E-state index contributed by atoms with van der Waals surface area (Å²) in [4.78, 5) is 36.4. The van der Waals surface area contributed by atoms with Crippen molar-refractivity contribution in [2.75, 3.05) is 7.11 Å². The maximum absolute atomic E-state index is 12.5. The van der Waals surface area contributed by atoms with E-state index in [1.54, 1.807) is 0 Å². The van der Waals surface area contributed by atoms with Crippen molar-refractivity contribution in [3.8, 4) is 0 Å². The molecule has 3 rings (SSSR count). The number of ether oxygens (including phenoxy) is 1. The molecule has 1 aliphatic carbocycles. The Kier molecular flexibility index (Phi) is 5.66. The Hall–Kier alpha value is -2.69. The summed E-state index contributed by atoms with van der Waals surface area (Å²) in [5.41, 5.74) is 0.879. The number of ketones is 1. The summed E-state index contributed by atoms with van der Waals surface area (Å²) in [6.45, 7) is 0. The lowest BCUT2D eigenvalue weighted by molar-refractivity contribution is -0.147. The lowest BCUT2D eigenvalue weighted by Crippen LogP contribution is -2.48. The molecule has 0 bridgehead atoms. The van der Waals surface area contributed by atoms with Crippen LogP contribution in [0.1, 0.15) is 31.2 Å². The molecule has 1 fully saturated rings. The number of methoxy groups -OCH3 is 1. The van der Waals surface area contributed by atoms with E-state index < -0.39 is 12.0 Å². The Morgan fingerprint density at radius 2 is 1.96 bits per heavy atom. The van der Waals surface area contributed by atoms with Gasteiger partial charge < -0.3 is 10.1 Å². The van der Waals surface area contributed by atoms with E-state index in [1.165, 1.54) is 7.11 Å². The average molecular weight is 353 g/mol. The molecule has 0 spiro atoms. The highest BCUT2D eigenvalue weighted by atomic mass is 16.5. The first kappa shape index (κ1) is 18.1. The fourth-order valence-corrected chi connectivity index (χ4v) is 3.60. The summed E-state index contributed by atoms with van der Waals surface area (Å²) in [6, 6.07) is 13.1. The van der Waals surface area contributed by atoms with Crippen LogP contribution in [0.3, 0.4) is 0 Å². The van der Waals surface area contributed by atoms with Crippen molar-refractivity contribution >= 4 is 28.4 Å². The number of carbonyl (C=O) groups is 3. The number of benzene rings is 2. The zero-order chi connectivity index (χ0) is 18.5. The predicted octanol–water partition coefficient (Wildman–Crippen LogP) is 2.80. The van der Waals surface area contributed by atoms with Crippen molar-refractivity contribution in [2.45, 2.75) is 38.1 Å². The van der Waals surface area contributed by atoms with Crippen molar-refractivity contribution in [1.29, 1.82) is 0 Å². The smallest absolute Gasteiger partial charge is 0.328 e. The number of amides is 1. The first-order chi connectivity index (χ1) is 12.6. The lowest BCUT2D eigenvalue weighted by Gasteiger charge is -2.28. The summed E-state index contributed by atoms with van der Waals surface area (Å²) in [7, 11) is 1.30. The average Bonchev–Trinajstić information content (AvgIpc) is 2.65. The van der Waals surface area contributed by atoms with E-state index in [-0.39, 0.29) is 24.0 Å². The second-order valence-corrected chi connectivity index (χ2v) is 6.82. The summed E-state index contributed by atoms with van der Waals surface area (Å²) in [5, 5.41) is 4.97. The number of esters is 1. The van der Waals surface area contributed by atoms with Crippen LogP contribution in [0.15, 0.2) is 42.5 Å². The van der Waals surface area contributed by atoms with Gasteiger partial charge in [-0.15, -0.1) is 0 Å². The fraction of sp³-hybridized carbons (Fsp3) is 0.381. The van der Waals surface area contributed by atoms with E-state index in [4.69, 9.17) is 4.74 Å². The maximum atomic E-state index is 12.5. The van der Waals surface area contributed by atoms with Crippen molar-refractivity contribution in [3.05, 3.63) is 48.0 Å². The van der Waals surface area contributed by atoms with Crippen molar-refractivity contribution in [1.82, 2.24) is 5.32 Å². The molecule has 1 aliphatic rings. The fourth-order valence-electron chi connectivity index (χ4n) is 3.60. The zero-order valence-corrected chi connectivity index (χ0v) is 14.9. The minimum Gasteiger partial charge on any atom is -0.467 e. The Morgan fingerprint density at radius 1 is 1.19 bits per heavy atom. The number of nitrogens with one attached hydrogen (secondary N) is 1. The number of carbonyl (C=O) groups excluding carboxylic acids is 3. The van der Waals surface area contributed by atoms with Crippen LogP contribution in [0, 0.1) is 5.92 Å². The first-order valence-electron chi connectivity index (χ1n) is 8.93. The number of hydrogen-bond donors (Lipinski definition) is 1. The number of rotatable bonds is 5. The van der Waals surface area contributed by atoms with Gasteiger partial charge in [-0.2, -0.15) is 0 Å². The van der Waals surface area contributed by atoms with E-state index in [0.717, 1.165) is 29.2 Å². The van der Waals surface area contributed by atoms with E-state index in [0.29, 0.717) is 12.8 Å². The topological polar surface area (TPSA) is 72.5 Å². The van der Waals surface area contributed by atoms with Crippen LogP contribution >= 0.6 is 0 Å². The number of fused-ring (bicyclic) bond motifs is 1. The molecule has 1 N–H and O–H groups in total. The molecule has 26 heavy (non-hydrogen) atoms. The Balaban J connectivity index is 1.70. The minimum atomic E-state index is -0.766. The molecule has 2 atom stereocenters. The highest BCUT2D eigenvalue weighted by Crippen LogP contribution is 2.25. The molecule has 1 amide bonds. The van der Waals surface area contributed by atoms with Gasteiger partial charge in [-0.25, -0.2) is 4.79 Å². The summed E-state index contributed by atoms with van der Waals surface area (Å²) >= 11 is 0. The van der Waals surface area contributed by atoms with Gasteiger partial charge in [-0.05, 0) is 35.1 Å². The van der Waals surface area contributed by atoms with Gasteiger partial charge >= 0.3 is 5.97 Å². The number of hydrogen-bond acceptors (Lipinski definition) is 4. The number of Topliss-reactive ketones (excluding diaryl/α,β-unsaturated/α-hetero) is 1. The highest BCUT2D eigenvalue weighted by molar-refractivity contribution is 5.88. The third-order valence-electron chi connectivity index (χ3n) is 4.94. The van der Waals surface area contributed by atoms with Crippen LogP contribution in [-0.4, -0.2) is 30.8 Å².